The van der Waals surface area contributed by atoms with E-state index in [1.54, 1.807) is 32.3 Å². The quantitative estimate of drug-likeness (QED) is 0.334. The second-order valence-corrected chi connectivity index (χ2v) is 8.85. The first-order valence-electron chi connectivity index (χ1n) is 10.9. The number of rotatable bonds is 5. The Hall–Kier alpha value is -3.57. The Balaban J connectivity index is 1.80. The van der Waals surface area contributed by atoms with Crippen LogP contribution < -0.4 is 4.74 Å². The highest BCUT2D eigenvalue weighted by molar-refractivity contribution is 6.34. The molecule has 0 unspecified atom stereocenters. The van der Waals surface area contributed by atoms with E-state index >= 15 is 0 Å². The molecule has 4 heterocycles. The Labute approximate surface area is 207 Å². The Morgan fingerprint density at radius 1 is 1.25 bits per heavy atom. The van der Waals surface area contributed by atoms with Crippen LogP contribution in [0.1, 0.15) is 34.3 Å². The average Bonchev–Trinajstić information content (AvgIpc) is 3.51. The maximum Gasteiger partial charge on any atom is 0.573 e. The van der Waals surface area contributed by atoms with Crippen molar-refractivity contribution in [3.05, 3.63) is 52.6 Å². The van der Waals surface area contributed by atoms with Crippen LogP contribution >= 0.6 is 11.6 Å². The minimum atomic E-state index is -5.08. The van der Waals surface area contributed by atoms with Gasteiger partial charge in [0.25, 0.3) is 0 Å². The lowest BCUT2D eigenvalue weighted by atomic mass is 9.99. The number of halogens is 4. The van der Waals surface area contributed by atoms with Gasteiger partial charge in [-0.2, -0.15) is 0 Å². The third-order valence-corrected chi connectivity index (χ3v) is 6.38. The maximum atomic E-state index is 13.3. The molecule has 0 aliphatic carbocycles. The largest absolute Gasteiger partial charge is 0.573 e. The van der Waals surface area contributed by atoms with Crippen LogP contribution in [0.5, 0.6) is 5.75 Å². The van der Waals surface area contributed by atoms with Crippen LogP contribution in [0.25, 0.3) is 33.3 Å². The first-order chi connectivity index (χ1) is 17.0. The van der Waals surface area contributed by atoms with Gasteiger partial charge in [-0.15, -0.1) is 13.2 Å². The number of fused-ring (bicyclic) bond motifs is 1. The van der Waals surface area contributed by atoms with Crippen LogP contribution in [-0.2, 0) is 4.74 Å². The summed E-state index contributed by atoms with van der Waals surface area (Å²) < 4.78 is 56.9. The molecule has 36 heavy (non-hydrogen) atoms. The van der Waals surface area contributed by atoms with Crippen molar-refractivity contribution < 1.29 is 37.1 Å². The maximum absolute atomic E-state index is 13.3. The Bertz CT molecular complexity index is 1470. The summed E-state index contributed by atoms with van der Waals surface area (Å²) in [7, 11) is 0. The molecular weight excluding hydrogens is 503 g/mol. The zero-order valence-electron chi connectivity index (χ0n) is 19.0. The summed E-state index contributed by atoms with van der Waals surface area (Å²) in [5.74, 6) is -1.61. The van der Waals surface area contributed by atoms with Crippen molar-refractivity contribution in [2.75, 3.05) is 13.2 Å². The Morgan fingerprint density at radius 2 is 2.03 bits per heavy atom. The summed E-state index contributed by atoms with van der Waals surface area (Å²) in [5.41, 5.74) is 2.27. The van der Waals surface area contributed by atoms with Gasteiger partial charge in [0.15, 0.2) is 0 Å². The van der Waals surface area contributed by atoms with E-state index < -0.39 is 23.6 Å². The standard InChI is InChI=1S/C24H19ClF3N3O5/c1-11-20(12(2)36-30-11)14-5-16-17(9-31(22(16)29-8-14)15-3-4-34-10-15)21-18(25)6-13(23(32)33)7-19(21)35-24(26,27)28/h5-9,15H,3-4,10H2,1-2H3,(H,32,33)/t15-/m0/s1. The van der Waals surface area contributed by atoms with Crippen LogP contribution in [0.15, 0.2) is 35.1 Å². The molecule has 8 nitrogen and oxygen atoms in total. The van der Waals surface area contributed by atoms with Gasteiger partial charge in [-0.05, 0) is 38.5 Å². The highest BCUT2D eigenvalue weighted by Crippen LogP contribution is 2.45. The van der Waals surface area contributed by atoms with Crippen molar-refractivity contribution in [3.8, 4) is 28.0 Å². The van der Waals surface area contributed by atoms with E-state index in [-0.39, 0.29) is 16.6 Å². The molecule has 1 fully saturated rings. The fourth-order valence-electron chi connectivity index (χ4n) is 4.55. The Morgan fingerprint density at radius 3 is 2.64 bits per heavy atom. The van der Waals surface area contributed by atoms with E-state index in [4.69, 9.17) is 20.9 Å². The van der Waals surface area contributed by atoms with Crippen LogP contribution in [-0.4, -0.2) is 45.4 Å². The number of carbonyl (C=O) groups is 1. The number of nitrogens with zero attached hydrogens (tertiary/aromatic N) is 3. The molecule has 1 aromatic carbocycles. The van der Waals surface area contributed by atoms with Gasteiger partial charge in [-0.3, -0.25) is 0 Å². The molecule has 12 heteroatoms. The first-order valence-corrected chi connectivity index (χ1v) is 11.3. The molecule has 0 radical (unpaired) electrons. The van der Waals surface area contributed by atoms with Gasteiger partial charge >= 0.3 is 12.3 Å². The smallest absolute Gasteiger partial charge is 0.478 e. The highest BCUT2D eigenvalue weighted by atomic mass is 35.5. The average molecular weight is 522 g/mol. The number of carboxylic acid groups (broad SMARTS) is 1. The molecular formula is C24H19ClF3N3O5. The van der Waals surface area contributed by atoms with Crippen LogP contribution in [0.3, 0.4) is 0 Å². The molecule has 1 N–H and O–H groups in total. The summed E-state index contributed by atoms with van der Waals surface area (Å²) in [6, 6.07) is 3.58. The zero-order chi connectivity index (χ0) is 25.8. The number of ether oxygens (including phenoxy) is 2. The van der Waals surface area contributed by atoms with E-state index in [1.165, 1.54) is 0 Å². The summed E-state index contributed by atoms with van der Waals surface area (Å²) >= 11 is 6.41. The van der Waals surface area contributed by atoms with Crippen LogP contribution in [0, 0.1) is 13.8 Å². The van der Waals surface area contributed by atoms with E-state index in [2.05, 4.69) is 14.9 Å². The lowest BCUT2D eigenvalue weighted by Crippen LogP contribution is -2.18. The molecule has 1 aliphatic rings. The molecule has 0 amide bonds. The van der Waals surface area contributed by atoms with Crippen molar-refractivity contribution in [2.45, 2.75) is 32.7 Å². The van der Waals surface area contributed by atoms with Gasteiger partial charge < -0.3 is 23.7 Å². The third kappa shape index (κ3) is 4.28. The number of aryl methyl sites for hydroxylation is 2. The topological polar surface area (TPSA) is 99.6 Å². The minimum Gasteiger partial charge on any atom is -0.478 e. The predicted molar refractivity (Wildman–Crippen MR) is 123 cm³/mol. The van der Waals surface area contributed by atoms with Crippen molar-refractivity contribution in [1.82, 2.24) is 14.7 Å². The number of aromatic carboxylic acids is 1. The molecule has 4 aromatic rings. The predicted octanol–water partition coefficient (Wildman–Crippen LogP) is 6.19. The van der Waals surface area contributed by atoms with E-state index in [9.17, 15) is 23.1 Å². The van der Waals surface area contributed by atoms with Gasteiger partial charge in [-0.1, -0.05) is 16.8 Å². The summed E-state index contributed by atoms with van der Waals surface area (Å²) in [4.78, 5) is 16.1. The van der Waals surface area contributed by atoms with Gasteiger partial charge in [0.1, 0.15) is 17.2 Å². The molecule has 5 rings (SSSR count). The van der Waals surface area contributed by atoms with Crippen LogP contribution in [0.2, 0.25) is 5.02 Å². The molecule has 3 aromatic heterocycles. The number of pyridine rings is 1. The second-order valence-electron chi connectivity index (χ2n) is 8.45. The fourth-order valence-corrected chi connectivity index (χ4v) is 4.87. The molecule has 0 bridgehead atoms. The van der Waals surface area contributed by atoms with Gasteiger partial charge in [0.05, 0.1) is 28.9 Å². The van der Waals surface area contributed by atoms with Crippen molar-refractivity contribution in [2.24, 2.45) is 0 Å². The lowest BCUT2D eigenvalue weighted by molar-refractivity contribution is -0.274. The zero-order valence-corrected chi connectivity index (χ0v) is 19.8. The third-order valence-electron chi connectivity index (χ3n) is 6.09. The van der Waals surface area contributed by atoms with Gasteiger partial charge in [-0.25, -0.2) is 9.78 Å². The number of aromatic nitrogens is 3. The number of hydrogen-bond donors (Lipinski definition) is 1. The molecule has 188 valence electrons. The van der Waals surface area contributed by atoms with E-state index in [0.717, 1.165) is 12.1 Å². The molecule has 1 saturated heterocycles. The van der Waals surface area contributed by atoms with Crippen LogP contribution in [0.4, 0.5) is 13.2 Å². The number of carboxylic acids is 1. The SMILES string of the molecule is Cc1noc(C)c1-c1cnc2c(c1)c(-c1c(Cl)cc(C(=O)O)cc1OC(F)(F)F)cn2[C@H]1CCOC1. The molecule has 1 aliphatic heterocycles. The summed E-state index contributed by atoms with van der Waals surface area (Å²) in [5, 5.41) is 13.6. The molecule has 0 saturated carbocycles. The fraction of sp³-hybridized carbons (Fsp3) is 0.292. The first kappa shape index (κ1) is 24.1. The summed E-state index contributed by atoms with van der Waals surface area (Å²) in [6.45, 7) is 4.47. The normalized spacial score (nSPS) is 16.1. The van der Waals surface area contributed by atoms with Crippen molar-refractivity contribution in [1.29, 1.82) is 0 Å². The number of hydrogen-bond acceptors (Lipinski definition) is 6. The van der Waals surface area contributed by atoms with Gasteiger partial charge in [0.2, 0.25) is 0 Å². The number of benzene rings is 1. The highest BCUT2D eigenvalue weighted by Gasteiger charge is 2.34. The van der Waals surface area contributed by atoms with E-state index in [1.807, 2.05) is 4.57 Å². The second kappa shape index (κ2) is 8.82. The van der Waals surface area contributed by atoms with Crippen molar-refractivity contribution >= 4 is 28.6 Å². The molecule has 0 spiro atoms. The van der Waals surface area contributed by atoms with Gasteiger partial charge in [0, 0.05) is 46.6 Å². The minimum absolute atomic E-state index is 0.0947. The molecule has 1 atom stereocenters. The lowest BCUT2D eigenvalue weighted by Gasteiger charge is -2.15. The monoisotopic (exact) mass is 521 g/mol. The van der Waals surface area contributed by atoms with Crippen molar-refractivity contribution in [3.63, 3.8) is 0 Å². The number of alkyl halides is 3. The van der Waals surface area contributed by atoms with E-state index in [0.29, 0.717) is 58.8 Å². The Kier molecular flexibility index (Phi) is 5.92. The summed E-state index contributed by atoms with van der Waals surface area (Å²) in [6.07, 6.45) is -1.09.